The third-order valence-electron chi connectivity index (χ3n) is 2.14. The van der Waals surface area contributed by atoms with Crippen LogP contribution in [0.4, 0.5) is 4.79 Å². The average molecular weight is 185 g/mol. The number of hydrogen-bond acceptors (Lipinski definition) is 3. The van der Waals surface area contributed by atoms with E-state index in [1.54, 1.807) is 0 Å². The number of carbonyl (C=O) groups is 2. The SMILES string of the molecule is CCCC(CN)N1C(=O)CNC1=O. The highest BCUT2D eigenvalue weighted by molar-refractivity contribution is 6.02. The molecule has 1 saturated heterocycles. The van der Waals surface area contributed by atoms with E-state index < -0.39 is 0 Å². The molecule has 1 fully saturated rings. The zero-order valence-corrected chi connectivity index (χ0v) is 7.75. The lowest BCUT2D eigenvalue weighted by atomic mass is 10.1. The zero-order chi connectivity index (χ0) is 9.84. The van der Waals surface area contributed by atoms with E-state index in [-0.39, 0.29) is 24.5 Å². The highest BCUT2D eigenvalue weighted by Crippen LogP contribution is 2.09. The van der Waals surface area contributed by atoms with Gasteiger partial charge in [-0.25, -0.2) is 4.79 Å². The molecule has 0 bridgehead atoms. The number of imide groups is 1. The summed E-state index contributed by atoms with van der Waals surface area (Å²) >= 11 is 0. The largest absolute Gasteiger partial charge is 0.329 e. The van der Waals surface area contributed by atoms with Gasteiger partial charge in [-0.05, 0) is 6.42 Å². The Hall–Kier alpha value is -1.10. The number of urea groups is 1. The van der Waals surface area contributed by atoms with Crippen LogP contribution in [0.5, 0.6) is 0 Å². The topological polar surface area (TPSA) is 75.4 Å². The first-order valence-electron chi connectivity index (χ1n) is 4.50. The van der Waals surface area contributed by atoms with Crippen LogP contribution < -0.4 is 11.1 Å². The second-order valence-electron chi connectivity index (χ2n) is 3.10. The Kier molecular flexibility index (Phi) is 3.25. The molecule has 5 nitrogen and oxygen atoms in total. The number of nitrogens with one attached hydrogen (secondary N) is 1. The third-order valence-corrected chi connectivity index (χ3v) is 2.14. The fourth-order valence-corrected chi connectivity index (χ4v) is 1.49. The molecule has 3 N–H and O–H groups in total. The van der Waals surface area contributed by atoms with Crippen molar-refractivity contribution in [2.75, 3.05) is 13.1 Å². The van der Waals surface area contributed by atoms with Gasteiger partial charge in [-0.15, -0.1) is 0 Å². The lowest BCUT2D eigenvalue weighted by Crippen LogP contribution is -2.44. The molecule has 1 aliphatic heterocycles. The van der Waals surface area contributed by atoms with Crippen molar-refractivity contribution in [1.82, 2.24) is 10.2 Å². The van der Waals surface area contributed by atoms with Crippen LogP contribution in [0.2, 0.25) is 0 Å². The molecule has 0 saturated carbocycles. The molecule has 0 spiro atoms. The van der Waals surface area contributed by atoms with E-state index in [0.29, 0.717) is 6.54 Å². The van der Waals surface area contributed by atoms with E-state index in [9.17, 15) is 9.59 Å². The Morgan fingerprint density at radius 1 is 1.62 bits per heavy atom. The molecule has 0 aromatic carbocycles. The molecule has 3 amide bonds. The van der Waals surface area contributed by atoms with Crippen LogP contribution in [-0.4, -0.2) is 36.0 Å². The van der Waals surface area contributed by atoms with Crippen molar-refractivity contribution in [3.05, 3.63) is 0 Å². The summed E-state index contributed by atoms with van der Waals surface area (Å²) in [6.45, 7) is 2.45. The molecule has 0 radical (unpaired) electrons. The first kappa shape index (κ1) is 9.98. The lowest BCUT2D eigenvalue weighted by molar-refractivity contribution is -0.126. The molecule has 13 heavy (non-hydrogen) atoms. The summed E-state index contributed by atoms with van der Waals surface area (Å²) in [7, 11) is 0. The second-order valence-corrected chi connectivity index (χ2v) is 3.10. The van der Waals surface area contributed by atoms with Gasteiger partial charge in [0.15, 0.2) is 0 Å². The monoisotopic (exact) mass is 185 g/mol. The molecule has 0 aliphatic carbocycles. The normalized spacial score (nSPS) is 19.1. The van der Waals surface area contributed by atoms with Crippen LogP contribution in [0, 0.1) is 0 Å². The molecular weight excluding hydrogens is 170 g/mol. The third kappa shape index (κ3) is 1.98. The van der Waals surface area contributed by atoms with Crippen molar-refractivity contribution < 1.29 is 9.59 Å². The van der Waals surface area contributed by atoms with E-state index in [4.69, 9.17) is 5.73 Å². The Morgan fingerprint density at radius 2 is 2.31 bits per heavy atom. The van der Waals surface area contributed by atoms with E-state index in [0.717, 1.165) is 12.8 Å². The van der Waals surface area contributed by atoms with E-state index >= 15 is 0 Å². The highest BCUT2D eigenvalue weighted by atomic mass is 16.2. The molecule has 74 valence electrons. The predicted octanol–water partition coefficient (Wildman–Crippen LogP) is -0.334. The minimum absolute atomic E-state index is 0.110. The zero-order valence-electron chi connectivity index (χ0n) is 7.75. The molecule has 1 aliphatic rings. The predicted molar refractivity (Wildman–Crippen MR) is 48.0 cm³/mol. The first-order valence-corrected chi connectivity index (χ1v) is 4.50. The molecule has 5 heteroatoms. The van der Waals surface area contributed by atoms with Crippen LogP contribution in [-0.2, 0) is 4.79 Å². The quantitative estimate of drug-likeness (QED) is 0.589. The van der Waals surface area contributed by atoms with Crippen molar-refractivity contribution in [3.8, 4) is 0 Å². The number of rotatable bonds is 4. The number of nitrogens with zero attached hydrogens (tertiary/aromatic N) is 1. The standard InChI is InChI=1S/C8H15N3O2/c1-2-3-6(4-9)11-7(12)5-10-8(11)13/h6H,2-5,9H2,1H3,(H,10,13). The van der Waals surface area contributed by atoms with Crippen LogP contribution in [0.25, 0.3) is 0 Å². The second kappa shape index (κ2) is 4.23. The van der Waals surface area contributed by atoms with Gasteiger partial charge in [0.05, 0.1) is 12.6 Å². The van der Waals surface area contributed by atoms with Gasteiger partial charge in [0, 0.05) is 6.54 Å². The van der Waals surface area contributed by atoms with E-state index in [1.807, 2.05) is 6.92 Å². The summed E-state index contributed by atoms with van der Waals surface area (Å²) in [6, 6.07) is -0.450. The van der Waals surface area contributed by atoms with Crippen LogP contribution in [0.15, 0.2) is 0 Å². The van der Waals surface area contributed by atoms with Crippen molar-refractivity contribution in [2.45, 2.75) is 25.8 Å². The number of nitrogens with two attached hydrogens (primary N) is 1. The number of amides is 3. The summed E-state index contributed by atoms with van der Waals surface area (Å²) in [6.07, 6.45) is 1.69. The van der Waals surface area contributed by atoms with E-state index in [1.165, 1.54) is 4.90 Å². The minimum atomic E-state index is -0.311. The summed E-state index contributed by atoms with van der Waals surface area (Å²) in [5.41, 5.74) is 5.49. The maximum atomic E-state index is 11.2. The molecular formula is C8H15N3O2. The van der Waals surface area contributed by atoms with E-state index in [2.05, 4.69) is 5.32 Å². The Morgan fingerprint density at radius 3 is 2.69 bits per heavy atom. The maximum Gasteiger partial charge on any atom is 0.324 e. The smallest absolute Gasteiger partial charge is 0.324 e. The van der Waals surface area contributed by atoms with Crippen LogP contribution >= 0.6 is 0 Å². The summed E-state index contributed by atoms with van der Waals surface area (Å²) in [5, 5.41) is 2.47. The maximum absolute atomic E-state index is 11.2. The Labute approximate surface area is 77.3 Å². The van der Waals surface area contributed by atoms with Gasteiger partial charge in [-0.3, -0.25) is 9.69 Å². The van der Waals surface area contributed by atoms with Crippen molar-refractivity contribution in [1.29, 1.82) is 0 Å². The minimum Gasteiger partial charge on any atom is -0.329 e. The van der Waals surface area contributed by atoms with Crippen molar-refractivity contribution in [3.63, 3.8) is 0 Å². The fraction of sp³-hybridized carbons (Fsp3) is 0.750. The Bertz CT molecular complexity index is 201. The lowest BCUT2D eigenvalue weighted by Gasteiger charge is -2.22. The molecule has 1 unspecified atom stereocenters. The van der Waals surface area contributed by atoms with Gasteiger partial charge < -0.3 is 11.1 Å². The summed E-state index contributed by atoms with van der Waals surface area (Å²) < 4.78 is 0. The highest BCUT2D eigenvalue weighted by Gasteiger charge is 2.33. The van der Waals surface area contributed by atoms with Gasteiger partial charge in [-0.1, -0.05) is 13.3 Å². The fourth-order valence-electron chi connectivity index (χ4n) is 1.49. The molecule has 0 aromatic heterocycles. The number of carbonyl (C=O) groups excluding carboxylic acids is 2. The molecule has 1 heterocycles. The van der Waals surface area contributed by atoms with Gasteiger partial charge in [0.1, 0.15) is 0 Å². The van der Waals surface area contributed by atoms with Crippen molar-refractivity contribution in [2.24, 2.45) is 5.73 Å². The van der Waals surface area contributed by atoms with Crippen LogP contribution in [0.3, 0.4) is 0 Å². The first-order chi connectivity index (χ1) is 6.20. The van der Waals surface area contributed by atoms with Gasteiger partial charge in [-0.2, -0.15) is 0 Å². The molecule has 1 atom stereocenters. The van der Waals surface area contributed by atoms with Gasteiger partial charge in [0.25, 0.3) is 0 Å². The molecule has 1 rings (SSSR count). The summed E-state index contributed by atoms with van der Waals surface area (Å²) in [5.74, 6) is -0.172. The van der Waals surface area contributed by atoms with Gasteiger partial charge in [0.2, 0.25) is 5.91 Å². The van der Waals surface area contributed by atoms with Crippen LogP contribution in [0.1, 0.15) is 19.8 Å². The summed E-state index contributed by atoms with van der Waals surface area (Å²) in [4.78, 5) is 23.7. The Balaban J connectivity index is 2.65. The van der Waals surface area contributed by atoms with Crippen molar-refractivity contribution >= 4 is 11.9 Å². The van der Waals surface area contributed by atoms with Gasteiger partial charge >= 0.3 is 6.03 Å². The number of hydrogen-bond donors (Lipinski definition) is 2. The molecule has 0 aromatic rings. The average Bonchev–Trinajstić information content (AvgIpc) is 2.43.